The van der Waals surface area contributed by atoms with Crippen LogP contribution < -0.4 is 15.1 Å². The van der Waals surface area contributed by atoms with Gasteiger partial charge in [0.25, 0.3) is 5.91 Å². The first-order chi connectivity index (χ1) is 13.5. The lowest BCUT2D eigenvalue weighted by Crippen LogP contribution is -2.26. The number of rotatable bonds is 7. The number of carbonyl (C=O) groups excluding carboxylic acids is 2. The maximum atomic E-state index is 13.2. The van der Waals surface area contributed by atoms with Gasteiger partial charge in [0.2, 0.25) is 5.91 Å². The molecule has 0 radical (unpaired) electrons. The Bertz CT molecular complexity index is 869. The van der Waals surface area contributed by atoms with Gasteiger partial charge in [-0.25, -0.2) is 0 Å². The molecular formula is C22H26ClN3O2. The monoisotopic (exact) mass is 399 g/mol. The number of anilines is 3. The average Bonchev–Trinajstić information content (AvgIpc) is 2.79. The molecule has 3 rings (SSSR count). The van der Waals surface area contributed by atoms with Crippen molar-refractivity contribution in [1.82, 2.24) is 5.32 Å². The van der Waals surface area contributed by atoms with Crippen LogP contribution in [0.15, 0.2) is 42.5 Å². The molecule has 0 aromatic heterocycles. The third-order valence-electron chi connectivity index (χ3n) is 4.96. The Kier molecular flexibility index (Phi) is 6.70. The molecule has 0 atom stereocenters. The minimum Gasteiger partial charge on any atom is -0.317 e. The van der Waals surface area contributed by atoms with Crippen LogP contribution in [0.1, 0.15) is 43.0 Å². The van der Waals surface area contributed by atoms with E-state index < -0.39 is 0 Å². The summed E-state index contributed by atoms with van der Waals surface area (Å²) in [4.78, 5) is 29.4. The fourth-order valence-corrected chi connectivity index (χ4v) is 3.65. The topological polar surface area (TPSA) is 52.7 Å². The molecule has 6 heteroatoms. The van der Waals surface area contributed by atoms with Gasteiger partial charge in [-0.2, -0.15) is 0 Å². The summed E-state index contributed by atoms with van der Waals surface area (Å²) in [6.45, 7) is 4.02. The minimum absolute atomic E-state index is 0.0115. The molecule has 1 aliphatic heterocycles. The summed E-state index contributed by atoms with van der Waals surface area (Å²) in [6, 6.07) is 12.6. The first-order valence-corrected chi connectivity index (χ1v) is 10.1. The molecule has 2 aromatic rings. The third-order valence-corrected chi connectivity index (χ3v) is 5.20. The largest absolute Gasteiger partial charge is 0.317 e. The van der Waals surface area contributed by atoms with Crippen LogP contribution in [0.2, 0.25) is 5.02 Å². The van der Waals surface area contributed by atoms with Crippen molar-refractivity contribution >= 4 is 40.5 Å². The molecule has 0 saturated heterocycles. The quantitative estimate of drug-likeness (QED) is 0.682. The number of carbonyl (C=O) groups is 2. The Labute approximate surface area is 171 Å². The molecule has 0 saturated carbocycles. The van der Waals surface area contributed by atoms with Gasteiger partial charge in [-0.1, -0.05) is 37.1 Å². The van der Waals surface area contributed by atoms with Gasteiger partial charge in [-0.05, 0) is 56.3 Å². The number of fused-ring (bicyclic) bond motifs is 2. The standard InChI is InChI=1S/C22H26ClN3O2/c1-3-24-14-8-4-5-11-21(27)26-18-10-7-6-9-17(18)22(28)25(2)20-15-16(23)12-13-19(20)26/h6-7,9-10,12-13,15,24H,3-5,8,11,14H2,1-2H3. The molecule has 0 aliphatic carbocycles. The number of nitrogens with one attached hydrogen (secondary N) is 1. The van der Waals surface area contributed by atoms with Crippen LogP contribution in [0.25, 0.3) is 0 Å². The van der Waals surface area contributed by atoms with Crippen molar-refractivity contribution in [3.05, 3.63) is 53.1 Å². The summed E-state index contributed by atoms with van der Waals surface area (Å²) in [7, 11) is 1.71. The van der Waals surface area contributed by atoms with Crippen LogP contribution >= 0.6 is 11.6 Å². The van der Waals surface area contributed by atoms with Crippen LogP contribution in [0.4, 0.5) is 17.1 Å². The minimum atomic E-state index is -0.153. The normalized spacial score (nSPS) is 13.2. The zero-order valence-electron chi connectivity index (χ0n) is 16.4. The van der Waals surface area contributed by atoms with Crippen molar-refractivity contribution in [2.24, 2.45) is 0 Å². The Hall–Kier alpha value is -2.37. The summed E-state index contributed by atoms with van der Waals surface area (Å²) in [5, 5.41) is 3.83. The van der Waals surface area contributed by atoms with Gasteiger partial charge in [-0.3, -0.25) is 14.5 Å². The molecule has 0 fully saturated rings. The highest BCUT2D eigenvalue weighted by Gasteiger charge is 2.31. The van der Waals surface area contributed by atoms with E-state index in [1.165, 1.54) is 0 Å². The number of benzene rings is 2. The number of nitrogens with zero attached hydrogens (tertiary/aromatic N) is 2. The van der Waals surface area contributed by atoms with Crippen molar-refractivity contribution in [3.8, 4) is 0 Å². The Balaban J connectivity index is 1.91. The lowest BCUT2D eigenvalue weighted by atomic mass is 10.1. The van der Waals surface area contributed by atoms with Gasteiger partial charge in [0.1, 0.15) is 0 Å². The van der Waals surface area contributed by atoms with Crippen molar-refractivity contribution < 1.29 is 9.59 Å². The summed E-state index contributed by atoms with van der Waals surface area (Å²) >= 11 is 6.18. The Morgan fingerprint density at radius 2 is 1.82 bits per heavy atom. The Morgan fingerprint density at radius 1 is 1.04 bits per heavy atom. The van der Waals surface area contributed by atoms with Gasteiger partial charge in [-0.15, -0.1) is 0 Å². The van der Waals surface area contributed by atoms with E-state index in [1.54, 1.807) is 35.0 Å². The van der Waals surface area contributed by atoms with E-state index in [-0.39, 0.29) is 11.8 Å². The number of amides is 2. The molecule has 28 heavy (non-hydrogen) atoms. The van der Waals surface area contributed by atoms with Gasteiger partial charge in [0.05, 0.1) is 22.6 Å². The molecule has 0 spiro atoms. The highest BCUT2D eigenvalue weighted by molar-refractivity contribution is 6.31. The van der Waals surface area contributed by atoms with E-state index in [0.717, 1.165) is 32.4 Å². The first kappa shape index (κ1) is 20.4. The van der Waals surface area contributed by atoms with Gasteiger partial charge in [0.15, 0.2) is 0 Å². The Morgan fingerprint density at radius 3 is 2.61 bits per heavy atom. The molecule has 2 aromatic carbocycles. The predicted octanol–water partition coefficient (Wildman–Crippen LogP) is 4.76. The van der Waals surface area contributed by atoms with Crippen molar-refractivity contribution in [1.29, 1.82) is 0 Å². The first-order valence-electron chi connectivity index (χ1n) is 9.75. The lowest BCUT2D eigenvalue weighted by Gasteiger charge is -2.25. The molecule has 2 amide bonds. The lowest BCUT2D eigenvalue weighted by molar-refractivity contribution is -0.118. The highest BCUT2D eigenvalue weighted by Crippen LogP contribution is 2.41. The molecular weight excluding hydrogens is 374 g/mol. The van der Waals surface area contributed by atoms with Gasteiger partial charge in [0, 0.05) is 18.5 Å². The van der Waals surface area contributed by atoms with Crippen LogP contribution in [0, 0.1) is 0 Å². The van der Waals surface area contributed by atoms with E-state index in [1.807, 2.05) is 24.3 Å². The van der Waals surface area contributed by atoms with E-state index in [0.29, 0.717) is 34.1 Å². The van der Waals surface area contributed by atoms with Crippen molar-refractivity contribution in [2.75, 3.05) is 29.9 Å². The number of hydrogen-bond acceptors (Lipinski definition) is 3. The summed E-state index contributed by atoms with van der Waals surface area (Å²) in [5.41, 5.74) is 2.45. The molecule has 0 unspecified atom stereocenters. The van der Waals surface area contributed by atoms with E-state index in [4.69, 9.17) is 11.6 Å². The van der Waals surface area contributed by atoms with Crippen LogP contribution in [-0.2, 0) is 4.79 Å². The maximum Gasteiger partial charge on any atom is 0.260 e. The van der Waals surface area contributed by atoms with Crippen molar-refractivity contribution in [3.63, 3.8) is 0 Å². The van der Waals surface area contributed by atoms with Crippen LogP contribution in [0.3, 0.4) is 0 Å². The second kappa shape index (κ2) is 9.22. The van der Waals surface area contributed by atoms with Crippen molar-refractivity contribution in [2.45, 2.75) is 32.6 Å². The number of hydrogen-bond donors (Lipinski definition) is 1. The highest BCUT2D eigenvalue weighted by atomic mass is 35.5. The fraction of sp³-hybridized carbons (Fsp3) is 0.364. The van der Waals surface area contributed by atoms with E-state index >= 15 is 0 Å². The molecule has 148 valence electrons. The SMILES string of the molecule is CCNCCCCCC(=O)N1c2ccccc2C(=O)N(C)c2cc(Cl)ccc21. The van der Waals surface area contributed by atoms with Gasteiger partial charge < -0.3 is 10.2 Å². The maximum absolute atomic E-state index is 13.2. The third kappa shape index (κ3) is 4.21. The summed E-state index contributed by atoms with van der Waals surface area (Å²) in [5.74, 6) is -0.164. The molecule has 0 bridgehead atoms. The number of halogens is 1. The smallest absolute Gasteiger partial charge is 0.260 e. The van der Waals surface area contributed by atoms with Gasteiger partial charge >= 0.3 is 0 Å². The fourth-order valence-electron chi connectivity index (χ4n) is 3.48. The molecule has 5 nitrogen and oxygen atoms in total. The summed E-state index contributed by atoms with van der Waals surface area (Å²) in [6.07, 6.45) is 3.28. The number of para-hydroxylation sites is 1. The molecule has 1 aliphatic rings. The van der Waals surface area contributed by atoms with E-state index in [2.05, 4.69) is 12.2 Å². The van der Waals surface area contributed by atoms with Crippen LogP contribution in [-0.4, -0.2) is 32.0 Å². The predicted molar refractivity (Wildman–Crippen MR) is 115 cm³/mol. The zero-order chi connectivity index (χ0) is 20.1. The average molecular weight is 400 g/mol. The zero-order valence-corrected chi connectivity index (χ0v) is 17.1. The molecule has 1 heterocycles. The summed E-state index contributed by atoms with van der Waals surface area (Å²) < 4.78 is 0. The van der Waals surface area contributed by atoms with E-state index in [9.17, 15) is 9.59 Å². The second-order valence-corrected chi connectivity index (χ2v) is 7.34. The van der Waals surface area contributed by atoms with Crippen LogP contribution in [0.5, 0.6) is 0 Å². The second-order valence-electron chi connectivity index (χ2n) is 6.91. The molecule has 1 N–H and O–H groups in total. The number of unbranched alkanes of at least 4 members (excludes halogenated alkanes) is 2.